The second-order valence-electron chi connectivity index (χ2n) is 6.70. The van der Waals surface area contributed by atoms with Gasteiger partial charge in [0.1, 0.15) is 17.7 Å². The average molecular weight is 339 g/mol. The zero-order valence-electron chi connectivity index (χ0n) is 14.2. The topological polar surface area (TPSA) is 80.1 Å². The van der Waals surface area contributed by atoms with Crippen LogP contribution >= 0.6 is 0 Å². The van der Waals surface area contributed by atoms with Crippen molar-refractivity contribution >= 4 is 11.7 Å². The summed E-state index contributed by atoms with van der Waals surface area (Å²) < 4.78 is 1.43. The summed E-state index contributed by atoms with van der Waals surface area (Å²) in [6.07, 6.45) is 6.98. The summed E-state index contributed by atoms with van der Waals surface area (Å²) in [6.45, 7) is 1.13. The highest BCUT2D eigenvalue weighted by Gasteiger charge is 2.27. The number of nitrogens with one attached hydrogen (secondary N) is 1. The molecule has 0 saturated heterocycles. The lowest BCUT2D eigenvalue weighted by Gasteiger charge is -2.20. The molecule has 25 heavy (non-hydrogen) atoms. The van der Waals surface area contributed by atoms with Crippen LogP contribution in [0.5, 0.6) is 0 Å². The zero-order chi connectivity index (χ0) is 17.4. The molecule has 1 N–H and O–H groups in total. The number of aryl methyl sites for hydroxylation is 1. The van der Waals surface area contributed by atoms with E-state index in [9.17, 15) is 9.59 Å². The molecule has 2 aromatic rings. The SMILES string of the molecule is Cn1cccc(C(=O)N2CCc3ncnc(NC4CC4)c3CC2)c1=O. The number of fused-ring (bicyclic) bond motifs is 1. The van der Waals surface area contributed by atoms with Crippen molar-refractivity contribution in [2.45, 2.75) is 31.7 Å². The van der Waals surface area contributed by atoms with E-state index in [2.05, 4.69) is 15.3 Å². The Morgan fingerprint density at radius 3 is 2.84 bits per heavy atom. The van der Waals surface area contributed by atoms with Crippen molar-refractivity contribution in [1.29, 1.82) is 0 Å². The standard InChI is InChI=1S/C18H21N5O2/c1-22-8-2-3-14(17(22)24)18(25)23-9-6-13-15(7-10-23)19-11-20-16(13)21-12-4-5-12/h2-3,8,11-12H,4-7,9-10H2,1H3,(H,19,20,21). The summed E-state index contributed by atoms with van der Waals surface area (Å²) in [7, 11) is 1.66. The number of nitrogens with zero attached hydrogens (tertiary/aromatic N) is 4. The fraction of sp³-hybridized carbons (Fsp3) is 0.444. The molecule has 7 nitrogen and oxygen atoms in total. The van der Waals surface area contributed by atoms with Crippen LogP contribution in [0.3, 0.4) is 0 Å². The lowest BCUT2D eigenvalue weighted by atomic mass is 10.1. The van der Waals surface area contributed by atoms with Gasteiger partial charge in [0.2, 0.25) is 0 Å². The first-order chi connectivity index (χ1) is 12.1. The molecule has 0 radical (unpaired) electrons. The number of pyridine rings is 1. The van der Waals surface area contributed by atoms with Crippen molar-refractivity contribution < 1.29 is 4.79 Å². The third kappa shape index (κ3) is 3.14. The predicted octanol–water partition coefficient (Wildman–Crippen LogP) is 0.991. The van der Waals surface area contributed by atoms with Gasteiger partial charge in [-0.25, -0.2) is 9.97 Å². The zero-order valence-corrected chi connectivity index (χ0v) is 14.2. The minimum absolute atomic E-state index is 0.210. The fourth-order valence-corrected chi connectivity index (χ4v) is 3.21. The highest BCUT2D eigenvalue weighted by molar-refractivity contribution is 5.93. The van der Waals surface area contributed by atoms with E-state index in [1.165, 1.54) is 17.4 Å². The van der Waals surface area contributed by atoms with Crippen molar-refractivity contribution in [2.24, 2.45) is 7.05 Å². The number of anilines is 1. The largest absolute Gasteiger partial charge is 0.367 e. The lowest BCUT2D eigenvalue weighted by Crippen LogP contribution is -2.37. The van der Waals surface area contributed by atoms with E-state index in [-0.39, 0.29) is 17.0 Å². The van der Waals surface area contributed by atoms with Crippen LogP contribution in [0.25, 0.3) is 0 Å². The molecule has 4 rings (SSSR count). The molecule has 3 heterocycles. The van der Waals surface area contributed by atoms with Crippen LogP contribution in [0, 0.1) is 0 Å². The van der Waals surface area contributed by atoms with Crippen molar-refractivity contribution in [1.82, 2.24) is 19.4 Å². The molecule has 1 saturated carbocycles. The van der Waals surface area contributed by atoms with Gasteiger partial charge in [-0.05, 0) is 31.4 Å². The number of carbonyl (C=O) groups excluding carboxylic acids is 1. The van der Waals surface area contributed by atoms with Gasteiger partial charge in [0, 0.05) is 44.4 Å². The summed E-state index contributed by atoms with van der Waals surface area (Å²) in [4.78, 5) is 35.6. The van der Waals surface area contributed by atoms with Crippen LogP contribution in [-0.4, -0.2) is 44.5 Å². The monoisotopic (exact) mass is 339 g/mol. The molecule has 0 spiro atoms. The molecule has 1 fully saturated rings. The summed E-state index contributed by atoms with van der Waals surface area (Å²) in [5.74, 6) is 0.691. The van der Waals surface area contributed by atoms with Gasteiger partial charge < -0.3 is 14.8 Å². The molecule has 2 aromatic heterocycles. The minimum Gasteiger partial charge on any atom is -0.367 e. The van der Waals surface area contributed by atoms with E-state index in [0.29, 0.717) is 32.0 Å². The van der Waals surface area contributed by atoms with E-state index in [1.54, 1.807) is 36.6 Å². The number of amides is 1. The molecule has 1 aliphatic carbocycles. The molecule has 2 aliphatic rings. The Labute approximate surface area is 145 Å². The van der Waals surface area contributed by atoms with Gasteiger partial charge in [-0.2, -0.15) is 0 Å². The van der Waals surface area contributed by atoms with Crippen LogP contribution < -0.4 is 10.9 Å². The van der Waals surface area contributed by atoms with Crippen molar-refractivity contribution in [2.75, 3.05) is 18.4 Å². The third-order valence-corrected chi connectivity index (χ3v) is 4.84. The summed E-state index contributed by atoms with van der Waals surface area (Å²) in [5.41, 5.74) is 2.06. The molecule has 0 aromatic carbocycles. The third-order valence-electron chi connectivity index (χ3n) is 4.84. The molecule has 0 bridgehead atoms. The molecule has 1 amide bonds. The van der Waals surface area contributed by atoms with Gasteiger partial charge in [0.05, 0.1) is 5.69 Å². The first-order valence-corrected chi connectivity index (χ1v) is 8.67. The van der Waals surface area contributed by atoms with E-state index in [4.69, 9.17) is 0 Å². The van der Waals surface area contributed by atoms with Gasteiger partial charge in [-0.1, -0.05) is 0 Å². The normalized spacial score (nSPS) is 16.9. The Morgan fingerprint density at radius 1 is 1.24 bits per heavy atom. The van der Waals surface area contributed by atoms with Crippen LogP contribution in [0.2, 0.25) is 0 Å². The lowest BCUT2D eigenvalue weighted by molar-refractivity contribution is 0.0760. The minimum atomic E-state index is -0.259. The number of aromatic nitrogens is 3. The second-order valence-corrected chi connectivity index (χ2v) is 6.70. The molecular weight excluding hydrogens is 318 g/mol. The maximum absolute atomic E-state index is 12.8. The summed E-state index contributed by atoms with van der Waals surface area (Å²) in [5, 5.41) is 3.46. The summed E-state index contributed by atoms with van der Waals surface area (Å²) >= 11 is 0. The molecule has 130 valence electrons. The van der Waals surface area contributed by atoms with Crippen molar-refractivity contribution in [3.05, 3.63) is 51.8 Å². The number of hydrogen-bond acceptors (Lipinski definition) is 5. The van der Waals surface area contributed by atoms with E-state index in [0.717, 1.165) is 17.1 Å². The van der Waals surface area contributed by atoms with Crippen LogP contribution in [0.15, 0.2) is 29.5 Å². The van der Waals surface area contributed by atoms with Crippen molar-refractivity contribution in [3.8, 4) is 0 Å². The van der Waals surface area contributed by atoms with Crippen LogP contribution in [0.4, 0.5) is 5.82 Å². The molecule has 1 aliphatic heterocycles. The van der Waals surface area contributed by atoms with Gasteiger partial charge in [0.15, 0.2) is 0 Å². The maximum atomic E-state index is 12.8. The van der Waals surface area contributed by atoms with E-state index in [1.807, 2.05) is 0 Å². The maximum Gasteiger partial charge on any atom is 0.263 e. The second kappa shape index (κ2) is 6.31. The van der Waals surface area contributed by atoms with Gasteiger partial charge in [-0.15, -0.1) is 0 Å². The Bertz CT molecular complexity index is 872. The molecule has 7 heteroatoms. The Morgan fingerprint density at radius 2 is 2.04 bits per heavy atom. The fourth-order valence-electron chi connectivity index (χ4n) is 3.21. The first-order valence-electron chi connectivity index (χ1n) is 8.67. The van der Waals surface area contributed by atoms with Crippen molar-refractivity contribution in [3.63, 3.8) is 0 Å². The van der Waals surface area contributed by atoms with Crippen LogP contribution in [-0.2, 0) is 19.9 Å². The van der Waals surface area contributed by atoms with Crippen LogP contribution in [0.1, 0.15) is 34.5 Å². The Kier molecular flexibility index (Phi) is 3.99. The molecular formula is C18H21N5O2. The average Bonchev–Trinajstić information content (AvgIpc) is 3.43. The van der Waals surface area contributed by atoms with E-state index >= 15 is 0 Å². The predicted molar refractivity (Wildman–Crippen MR) is 93.7 cm³/mol. The first kappa shape index (κ1) is 15.8. The number of hydrogen-bond donors (Lipinski definition) is 1. The Balaban J connectivity index is 1.56. The highest BCUT2D eigenvalue weighted by atomic mass is 16.2. The number of rotatable bonds is 3. The smallest absolute Gasteiger partial charge is 0.263 e. The van der Waals surface area contributed by atoms with E-state index < -0.39 is 0 Å². The summed E-state index contributed by atoms with van der Waals surface area (Å²) in [6, 6.07) is 3.85. The van der Waals surface area contributed by atoms with Gasteiger partial charge in [0.25, 0.3) is 11.5 Å². The van der Waals surface area contributed by atoms with Gasteiger partial charge in [-0.3, -0.25) is 9.59 Å². The van der Waals surface area contributed by atoms with Gasteiger partial charge >= 0.3 is 0 Å². The quantitative estimate of drug-likeness (QED) is 0.902. The number of carbonyl (C=O) groups is 1. The highest BCUT2D eigenvalue weighted by Crippen LogP contribution is 2.27. The Hall–Kier alpha value is -2.70. The molecule has 0 unspecified atom stereocenters. The molecule has 0 atom stereocenters.